The second-order valence-corrected chi connectivity index (χ2v) is 4.75. The van der Waals surface area contributed by atoms with E-state index < -0.39 is 22.3 Å². The molecule has 2 rings (SSSR count). The number of benzene rings is 1. The Kier molecular flexibility index (Phi) is 5.45. The van der Waals surface area contributed by atoms with Gasteiger partial charge in [0, 0.05) is 25.7 Å². The number of nitrogens with two attached hydrogens (primary N) is 1. The number of nitrogen functional groups attached to an aromatic ring is 1. The van der Waals surface area contributed by atoms with Crippen molar-refractivity contribution in [3.8, 4) is 0 Å². The van der Waals surface area contributed by atoms with E-state index in [0.29, 0.717) is 25.7 Å². The average molecular weight is 319 g/mol. The average Bonchev–Trinajstić information content (AvgIpc) is 2.40. The van der Waals surface area contributed by atoms with Gasteiger partial charge in [-0.2, -0.15) is 0 Å². The number of rotatable bonds is 2. The summed E-state index contributed by atoms with van der Waals surface area (Å²) < 4.78 is 13.4. The molecule has 0 radical (unpaired) electrons. The second-order valence-electron chi connectivity index (χ2n) is 4.75. The molecule has 1 aromatic carbocycles. The number of hydrogen-bond donors (Lipinski definition) is 2. The topological polar surface area (TPSA) is 102 Å². The summed E-state index contributed by atoms with van der Waals surface area (Å²) in [7, 11) is 0. The summed E-state index contributed by atoms with van der Waals surface area (Å²) in [5.74, 6) is -1.34. The quantitative estimate of drug-likeness (QED) is 0.484. The molecule has 1 aliphatic heterocycles. The number of hydrogen-bond acceptors (Lipinski definition) is 5. The molecular weight excluding hydrogens is 303 g/mol. The van der Waals surface area contributed by atoms with Crippen LogP contribution in [0.25, 0.3) is 0 Å². The fourth-order valence-corrected chi connectivity index (χ4v) is 2.22. The van der Waals surface area contributed by atoms with Crippen LogP contribution in [0.2, 0.25) is 0 Å². The van der Waals surface area contributed by atoms with E-state index in [1.807, 2.05) is 6.92 Å². The molecule has 1 saturated heterocycles. The van der Waals surface area contributed by atoms with Gasteiger partial charge in [0.05, 0.1) is 16.6 Å². The molecule has 0 saturated carbocycles. The molecule has 1 aliphatic rings. The molecule has 0 bridgehead atoms. The molecular formula is C12H16ClFN4O3. The van der Waals surface area contributed by atoms with E-state index in [4.69, 9.17) is 5.73 Å². The first-order chi connectivity index (χ1) is 9.40. The maximum atomic E-state index is 13.4. The van der Waals surface area contributed by atoms with Gasteiger partial charge in [-0.05, 0) is 13.0 Å². The standard InChI is InChI=1S/C12H15FN4O3.ClH/c1-7-6-16(3-2-15-7)12(18)9-4-8(13)5-10(11(9)14)17(19)20;/h4-5,7,15H,2-3,6,14H2,1H3;1H. The Morgan fingerprint density at radius 3 is 2.81 bits per heavy atom. The van der Waals surface area contributed by atoms with Gasteiger partial charge in [0.1, 0.15) is 11.5 Å². The molecule has 21 heavy (non-hydrogen) atoms. The van der Waals surface area contributed by atoms with Crippen molar-refractivity contribution in [2.24, 2.45) is 0 Å². The summed E-state index contributed by atoms with van der Waals surface area (Å²) in [6, 6.07) is 1.77. The van der Waals surface area contributed by atoms with Crippen LogP contribution >= 0.6 is 12.4 Å². The first-order valence-electron chi connectivity index (χ1n) is 6.16. The van der Waals surface area contributed by atoms with E-state index in [0.717, 1.165) is 6.07 Å². The van der Waals surface area contributed by atoms with E-state index >= 15 is 0 Å². The Bertz CT molecular complexity index is 570. The number of nitrogens with zero attached hydrogens (tertiary/aromatic N) is 2. The molecule has 0 aliphatic carbocycles. The van der Waals surface area contributed by atoms with E-state index in [-0.39, 0.29) is 29.7 Å². The number of carbonyl (C=O) groups excluding carboxylic acids is 1. The Labute approximate surface area is 126 Å². The van der Waals surface area contributed by atoms with Gasteiger partial charge in [0.15, 0.2) is 0 Å². The van der Waals surface area contributed by atoms with Gasteiger partial charge in [-0.15, -0.1) is 12.4 Å². The van der Waals surface area contributed by atoms with Crippen molar-refractivity contribution in [2.75, 3.05) is 25.4 Å². The van der Waals surface area contributed by atoms with Crippen LogP contribution in [0, 0.1) is 15.9 Å². The molecule has 116 valence electrons. The van der Waals surface area contributed by atoms with Crippen LogP contribution in [0.1, 0.15) is 17.3 Å². The van der Waals surface area contributed by atoms with Crippen molar-refractivity contribution < 1.29 is 14.1 Å². The lowest BCUT2D eigenvalue weighted by Crippen LogP contribution is -2.51. The number of nitrogens with one attached hydrogen (secondary N) is 1. The molecule has 0 spiro atoms. The number of piperazine rings is 1. The van der Waals surface area contributed by atoms with Crippen LogP contribution in [-0.4, -0.2) is 41.4 Å². The van der Waals surface area contributed by atoms with Crippen LogP contribution in [0.5, 0.6) is 0 Å². The molecule has 9 heteroatoms. The van der Waals surface area contributed by atoms with Gasteiger partial charge >= 0.3 is 0 Å². The monoisotopic (exact) mass is 318 g/mol. The summed E-state index contributed by atoms with van der Waals surface area (Å²) in [4.78, 5) is 23.8. The minimum Gasteiger partial charge on any atom is -0.393 e. The third-order valence-corrected chi connectivity index (χ3v) is 3.21. The molecule has 1 aromatic rings. The molecule has 1 fully saturated rings. The predicted octanol–water partition coefficient (Wildman–Crippen LogP) is 1.17. The molecule has 1 amide bonds. The molecule has 7 nitrogen and oxygen atoms in total. The first-order valence-corrected chi connectivity index (χ1v) is 6.16. The van der Waals surface area contributed by atoms with Crippen molar-refractivity contribution in [1.29, 1.82) is 0 Å². The van der Waals surface area contributed by atoms with E-state index in [1.165, 1.54) is 4.90 Å². The third kappa shape index (κ3) is 3.59. The van der Waals surface area contributed by atoms with E-state index in [2.05, 4.69) is 5.32 Å². The third-order valence-electron chi connectivity index (χ3n) is 3.21. The van der Waals surface area contributed by atoms with E-state index in [1.54, 1.807) is 0 Å². The fourth-order valence-electron chi connectivity index (χ4n) is 2.22. The van der Waals surface area contributed by atoms with Gasteiger partial charge in [0.25, 0.3) is 11.6 Å². The maximum Gasteiger partial charge on any atom is 0.295 e. The Morgan fingerprint density at radius 2 is 2.24 bits per heavy atom. The summed E-state index contributed by atoms with van der Waals surface area (Å²) >= 11 is 0. The normalized spacial score (nSPS) is 18.0. The molecule has 3 N–H and O–H groups in total. The van der Waals surface area contributed by atoms with Crippen LogP contribution in [0.4, 0.5) is 15.8 Å². The zero-order valence-corrected chi connectivity index (χ0v) is 12.2. The summed E-state index contributed by atoms with van der Waals surface area (Å²) in [6.07, 6.45) is 0. The molecule has 1 unspecified atom stereocenters. The molecule has 0 aromatic heterocycles. The van der Waals surface area contributed by atoms with Gasteiger partial charge in [-0.25, -0.2) is 4.39 Å². The zero-order valence-electron chi connectivity index (χ0n) is 11.3. The van der Waals surface area contributed by atoms with Crippen molar-refractivity contribution in [1.82, 2.24) is 10.2 Å². The Morgan fingerprint density at radius 1 is 1.57 bits per heavy atom. The predicted molar refractivity (Wildman–Crippen MR) is 78.1 cm³/mol. The highest BCUT2D eigenvalue weighted by atomic mass is 35.5. The summed E-state index contributed by atoms with van der Waals surface area (Å²) in [6.45, 7) is 3.43. The largest absolute Gasteiger partial charge is 0.393 e. The highest BCUT2D eigenvalue weighted by Crippen LogP contribution is 2.27. The number of amides is 1. The number of anilines is 1. The Hall–Kier alpha value is -1.93. The Balaban J connectivity index is 0.00000220. The zero-order chi connectivity index (χ0) is 14.9. The number of nitro groups is 1. The highest BCUT2D eigenvalue weighted by molar-refractivity contribution is 6.01. The van der Waals surface area contributed by atoms with Crippen LogP contribution in [-0.2, 0) is 0 Å². The lowest BCUT2D eigenvalue weighted by Gasteiger charge is -2.32. The number of nitro benzene ring substituents is 1. The first kappa shape index (κ1) is 17.1. The number of halogens is 2. The lowest BCUT2D eigenvalue weighted by molar-refractivity contribution is -0.384. The fraction of sp³-hybridized carbons (Fsp3) is 0.417. The van der Waals surface area contributed by atoms with Gasteiger partial charge < -0.3 is 16.0 Å². The van der Waals surface area contributed by atoms with Crippen LogP contribution in [0.3, 0.4) is 0 Å². The van der Waals surface area contributed by atoms with E-state index in [9.17, 15) is 19.3 Å². The van der Waals surface area contributed by atoms with Crippen LogP contribution in [0.15, 0.2) is 12.1 Å². The minimum atomic E-state index is -0.850. The van der Waals surface area contributed by atoms with Gasteiger partial charge in [0.2, 0.25) is 0 Å². The maximum absolute atomic E-state index is 13.4. The van der Waals surface area contributed by atoms with Gasteiger partial charge in [-0.1, -0.05) is 0 Å². The lowest BCUT2D eigenvalue weighted by atomic mass is 10.1. The van der Waals surface area contributed by atoms with Crippen molar-refractivity contribution in [3.05, 3.63) is 33.6 Å². The molecule has 1 atom stereocenters. The SMILES string of the molecule is CC1CN(C(=O)c2cc(F)cc([N+](=O)[O-])c2N)CCN1.Cl. The van der Waals surface area contributed by atoms with Crippen molar-refractivity contribution in [3.63, 3.8) is 0 Å². The van der Waals surface area contributed by atoms with Gasteiger partial charge in [-0.3, -0.25) is 14.9 Å². The van der Waals surface area contributed by atoms with Crippen molar-refractivity contribution >= 4 is 29.7 Å². The molecule has 1 heterocycles. The summed E-state index contributed by atoms with van der Waals surface area (Å²) in [5.41, 5.74) is 4.58. The highest BCUT2D eigenvalue weighted by Gasteiger charge is 2.27. The minimum absolute atomic E-state index is 0. The van der Waals surface area contributed by atoms with Crippen LogP contribution < -0.4 is 11.1 Å². The second kappa shape index (κ2) is 6.68. The summed E-state index contributed by atoms with van der Waals surface area (Å²) in [5, 5.41) is 14.0. The van der Waals surface area contributed by atoms with Crippen molar-refractivity contribution in [2.45, 2.75) is 13.0 Å². The number of carbonyl (C=O) groups is 1. The smallest absolute Gasteiger partial charge is 0.295 e.